The van der Waals surface area contributed by atoms with E-state index in [1.807, 2.05) is 0 Å². The topological polar surface area (TPSA) is 29.1 Å². The molecule has 0 heterocycles. The fraction of sp³-hybridized carbons (Fsp3) is 0.417. The molecule has 0 bridgehead atoms. The molecule has 5 heteroatoms. The number of halogens is 2. The molecule has 1 aromatic rings. The number of benzene rings is 1. The SMILES string of the molecule is O=C(CC1(CS)CC1)Nc1cc(Cl)ccc1F. The van der Waals surface area contributed by atoms with Crippen molar-refractivity contribution in [1.82, 2.24) is 0 Å². The third-order valence-corrected chi connectivity index (χ3v) is 3.94. The molecule has 2 nitrogen and oxygen atoms in total. The van der Waals surface area contributed by atoms with E-state index in [0.717, 1.165) is 12.8 Å². The van der Waals surface area contributed by atoms with Gasteiger partial charge in [-0.3, -0.25) is 4.79 Å². The van der Waals surface area contributed by atoms with E-state index in [9.17, 15) is 9.18 Å². The maximum atomic E-state index is 13.4. The number of rotatable bonds is 4. The van der Waals surface area contributed by atoms with Crippen LogP contribution in [0, 0.1) is 11.2 Å². The highest BCUT2D eigenvalue weighted by atomic mass is 35.5. The summed E-state index contributed by atoms with van der Waals surface area (Å²) in [5.74, 6) is 0.0366. The standard InChI is InChI=1S/C12H13ClFNOS/c13-8-1-2-9(14)10(5-8)15-11(16)6-12(7-17)3-4-12/h1-2,5,17H,3-4,6-7H2,(H,15,16). The minimum absolute atomic E-state index is 0.0300. The van der Waals surface area contributed by atoms with Crippen molar-refractivity contribution in [1.29, 1.82) is 0 Å². The van der Waals surface area contributed by atoms with E-state index in [1.165, 1.54) is 18.2 Å². The molecule has 1 aliphatic carbocycles. The maximum absolute atomic E-state index is 13.4. The lowest BCUT2D eigenvalue weighted by molar-refractivity contribution is -0.117. The van der Waals surface area contributed by atoms with Crippen LogP contribution in [0.2, 0.25) is 5.02 Å². The summed E-state index contributed by atoms with van der Waals surface area (Å²) >= 11 is 9.97. The lowest BCUT2D eigenvalue weighted by Crippen LogP contribution is -2.18. The first-order valence-corrected chi connectivity index (χ1v) is 6.41. The summed E-state index contributed by atoms with van der Waals surface area (Å²) in [6, 6.07) is 4.10. The second kappa shape index (κ2) is 4.86. The van der Waals surface area contributed by atoms with Crippen molar-refractivity contribution < 1.29 is 9.18 Å². The van der Waals surface area contributed by atoms with Crippen molar-refractivity contribution in [2.75, 3.05) is 11.1 Å². The predicted molar refractivity (Wildman–Crippen MR) is 70.2 cm³/mol. The zero-order valence-electron chi connectivity index (χ0n) is 9.17. The first-order valence-electron chi connectivity index (χ1n) is 5.40. The first-order chi connectivity index (χ1) is 8.04. The minimum atomic E-state index is -0.474. The van der Waals surface area contributed by atoms with Crippen LogP contribution in [0.4, 0.5) is 10.1 Å². The van der Waals surface area contributed by atoms with Crippen molar-refractivity contribution in [3.05, 3.63) is 29.0 Å². The van der Waals surface area contributed by atoms with Crippen molar-refractivity contribution in [2.24, 2.45) is 5.41 Å². The molecule has 0 saturated heterocycles. The number of carbonyl (C=O) groups excluding carboxylic acids is 1. The van der Waals surface area contributed by atoms with E-state index in [0.29, 0.717) is 17.2 Å². The largest absolute Gasteiger partial charge is 0.324 e. The lowest BCUT2D eigenvalue weighted by atomic mass is 10.1. The summed E-state index contributed by atoms with van der Waals surface area (Å²) in [5.41, 5.74) is 0.167. The number of thiol groups is 1. The molecule has 1 fully saturated rings. The number of hydrogen-bond donors (Lipinski definition) is 2. The van der Waals surface area contributed by atoms with Crippen LogP contribution in [0.1, 0.15) is 19.3 Å². The van der Waals surface area contributed by atoms with Crippen LogP contribution in [0.5, 0.6) is 0 Å². The molecule has 1 aliphatic rings. The predicted octanol–water partition coefficient (Wildman–Crippen LogP) is 3.52. The van der Waals surface area contributed by atoms with Gasteiger partial charge in [-0.25, -0.2) is 4.39 Å². The van der Waals surface area contributed by atoms with Gasteiger partial charge in [0.05, 0.1) is 5.69 Å². The summed E-state index contributed by atoms with van der Waals surface area (Å²) in [5, 5.41) is 2.95. The number of amides is 1. The van der Waals surface area contributed by atoms with Crippen LogP contribution in [0.3, 0.4) is 0 Å². The van der Waals surface area contributed by atoms with E-state index in [1.54, 1.807) is 0 Å². The summed E-state index contributed by atoms with van der Waals surface area (Å²) < 4.78 is 13.4. The van der Waals surface area contributed by atoms with Gasteiger partial charge in [-0.2, -0.15) is 12.6 Å². The molecule has 0 atom stereocenters. The van der Waals surface area contributed by atoms with E-state index in [4.69, 9.17) is 11.6 Å². The Morgan fingerprint density at radius 3 is 2.82 bits per heavy atom. The molecule has 1 aromatic carbocycles. The monoisotopic (exact) mass is 273 g/mol. The molecule has 92 valence electrons. The molecular formula is C12H13ClFNOS. The van der Waals surface area contributed by atoms with Gasteiger partial charge in [-0.1, -0.05) is 11.6 Å². The Morgan fingerprint density at radius 1 is 1.53 bits per heavy atom. The summed E-state index contributed by atoms with van der Waals surface area (Å²) in [6.07, 6.45) is 2.42. The Hall–Kier alpha value is -0.740. The summed E-state index contributed by atoms with van der Waals surface area (Å²) in [7, 11) is 0. The second-order valence-electron chi connectivity index (χ2n) is 4.51. The van der Waals surface area contributed by atoms with Crippen LogP contribution in [-0.4, -0.2) is 11.7 Å². The number of carbonyl (C=O) groups is 1. The highest BCUT2D eigenvalue weighted by molar-refractivity contribution is 7.80. The molecular weight excluding hydrogens is 261 g/mol. The first kappa shape index (κ1) is 12.7. The second-order valence-corrected chi connectivity index (χ2v) is 5.26. The fourth-order valence-corrected chi connectivity index (χ4v) is 2.30. The molecule has 0 spiro atoms. The van der Waals surface area contributed by atoms with Crippen molar-refractivity contribution in [2.45, 2.75) is 19.3 Å². The van der Waals surface area contributed by atoms with E-state index in [2.05, 4.69) is 17.9 Å². The van der Waals surface area contributed by atoms with Crippen molar-refractivity contribution >= 4 is 35.8 Å². The third-order valence-electron chi connectivity index (χ3n) is 3.03. The van der Waals surface area contributed by atoms with Gasteiger partial charge in [0.2, 0.25) is 5.91 Å². The number of anilines is 1. The molecule has 0 aromatic heterocycles. The van der Waals surface area contributed by atoms with Gasteiger partial charge in [0, 0.05) is 11.4 Å². The Labute approximate surface area is 110 Å². The van der Waals surface area contributed by atoms with Crippen LogP contribution in [-0.2, 0) is 4.79 Å². The molecule has 0 unspecified atom stereocenters. The zero-order chi connectivity index (χ0) is 12.5. The van der Waals surface area contributed by atoms with Gasteiger partial charge in [-0.05, 0) is 42.2 Å². The smallest absolute Gasteiger partial charge is 0.225 e. The summed E-state index contributed by atoms with van der Waals surface area (Å²) in [6.45, 7) is 0. The lowest BCUT2D eigenvalue weighted by Gasteiger charge is -2.12. The highest BCUT2D eigenvalue weighted by Gasteiger charge is 2.42. The average molecular weight is 274 g/mol. The molecule has 2 rings (SSSR count). The molecule has 0 radical (unpaired) electrons. The van der Waals surface area contributed by atoms with Crippen LogP contribution in [0.15, 0.2) is 18.2 Å². The Bertz CT molecular complexity index is 448. The van der Waals surface area contributed by atoms with E-state index in [-0.39, 0.29) is 17.0 Å². The maximum Gasteiger partial charge on any atom is 0.225 e. The number of nitrogens with one attached hydrogen (secondary N) is 1. The molecule has 1 amide bonds. The highest BCUT2D eigenvalue weighted by Crippen LogP contribution is 2.49. The average Bonchev–Trinajstić information content (AvgIpc) is 3.04. The quantitative estimate of drug-likeness (QED) is 0.808. The van der Waals surface area contributed by atoms with Gasteiger partial charge in [0.25, 0.3) is 0 Å². The Balaban J connectivity index is 2.00. The van der Waals surface area contributed by atoms with Gasteiger partial charge < -0.3 is 5.32 Å². The fourth-order valence-electron chi connectivity index (χ4n) is 1.70. The number of hydrogen-bond acceptors (Lipinski definition) is 2. The molecule has 1 N–H and O–H groups in total. The van der Waals surface area contributed by atoms with Crippen LogP contribution < -0.4 is 5.32 Å². The van der Waals surface area contributed by atoms with E-state index < -0.39 is 5.82 Å². The minimum Gasteiger partial charge on any atom is -0.324 e. The van der Waals surface area contributed by atoms with E-state index >= 15 is 0 Å². The zero-order valence-corrected chi connectivity index (χ0v) is 10.8. The molecule has 1 saturated carbocycles. The Kier molecular flexibility index (Phi) is 3.64. The normalized spacial score (nSPS) is 16.6. The summed E-state index contributed by atoms with van der Waals surface area (Å²) in [4.78, 5) is 11.7. The molecule has 17 heavy (non-hydrogen) atoms. The van der Waals surface area contributed by atoms with Crippen LogP contribution >= 0.6 is 24.2 Å². The molecule has 0 aliphatic heterocycles. The van der Waals surface area contributed by atoms with Gasteiger partial charge in [-0.15, -0.1) is 0 Å². The third kappa shape index (κ3) is 3.13. The van der Waals surface area contributed by atoms with Gasteiger partial charge >= 0.3 is 0 Å². The Morgan fingerprint density at radius 2 is 2.24 bits per heavy atom. The van der Waals surface area contributed by atoms with Crippen LogP contribution in [0.25, 0.3) is 0 Å². The van der Waals surface area contributed by atoms with Crippen molar-refractivity contribution in [3.8, 4) is 0 Å². The van der Waals surface area contributed by atoms with Gasteiger partial charge in [0.1, 0.15) is 5.82 Å². The van der Waals surface area contributed by atoms with Gasteiger partial charge in [0.15, 0.2) is 0 Å². The van der Waals surface area contributed by atoms with Crippen molar-refractivity contribution in [3.63, 3.8) is 0 Å².